The van der Waals surface area contributed by atoms with E-state index >= 15 is 0 Å². The standard InChI is InChI=1S/C16H17N3O4/c1-10(15(21)22)19(13-6-7-13)14(20)11-2-4-12(5-3-11)18-9-8-17-16(18)23/h2-5,8-10,13H,6-7H2,1H3,(H,17,23)(H,21,22). The minimum atomic E-state index is -1.01. The Balaban J connectivity index is 1.86. The number of aromatic nitrogens is 2. The van der Waals surface area contributed by atoms with E-state index in [1.165, 1.54) is 22.6 Å². The van der Waals surface area contributed by atoms with Gasteiger partial charge in [-0.1, -0.05) is 0 Å². The first-order chi connectivity index (χ1) is 11.0. The van der Waals surface area contributed by atoms with Gasteiger partial charge >= 0.3 is 11.7 Å². The van der Waals surface area contributed by atoms with Gasteiger partial charge in [-0.05, 0) is 44.0 Å². The van der Waals surface area contributed by atoms with Crippen molar-refractivity contribution in [3.8, 4) is 5.69 Å². The fourth-order valence-corrected chi connectivity index (χ4v) is 2.57. The van der Waals surface area contributed by atoms with E-state index in [1.54, 1.807) is 30.5 Å². The smallest absolute Gasteiger partial charge is 0.330 e. The molecule has 1 unspecified atom stereocenters. The quantitative estimate of drug-likeness (QED) is 0.868. The summed E-state index contributed by atoms with van der Waals surface area (Å²) < 4.78 is 1.42. The molecule has 7 nitrogen and oxygen atoms in total. The maximum Gasteiger partial charge on any atom is 0.330 e. The molecule has 1 aliphatic rings. The number of carboxylic acid groups (broad SMARTS) is 1. The fourth-order valence-electron chi connectivity index (χ4n) is 2.57. The van der Waals surface area contributed by atoms with E-state index in [-0.39, 0.29) is 17.6 Å². The number of H-pyrrole nitrogens is 1. The van der Waals surface area contributed by atoms with Crippen LogP contribution in [-0.4, -0.2) is 43.5 Å². The van der Waals surface area contributed by atoms with Gasteiger partial charge in [0.25, 0.3) is 5.91 Å². The number of carbonyl (C=O) groups is 2. The van der Waals surface area contributed by atoms with Crippen LogP contribution in [0.4, 0.5) is 0 Å². The summed E-state index contributed by atoms with van der Waals surface area (Å²) >= 11 is 0. The third-order valence-electron chi connectivity index (χ3n) is 3.99. The third-order valence-corrected chi connectivity index (χ3v) is 3.99. The van der Waals surface area contributed by atoms with Crippen molar-refractivity contribution in [2.45, 2.75) is 31.8 Å². The predicted octanol–water partition coefficient (Wildman–Crippen LogP) is 1.24. The second-order valence-corrected chi connectivity index (χ2v) is 5.64. The van der Waals surface area contributed by atoms with Gasteiger partial charge in [0.15, 0.2) is 0 Å². The molecular weight excluding hydrogens is 298 g/mol. The largest absolute Gasteiger partial charge is 0.480 e. The van der Waals surface area contributed by atoms with Crippen LogP contribution in [-0.2, 0) is 4.79 Å². The third kappa shape index (κ3) is 2.90. The first-order valence-electron chi connectivity index (χ1n) is 7.41. The molecular formula is C16H17N3O4. The summed E-state index contributed by atoms with van der Waals surface area (Å²) in [5, 5.41) is 9.19. The summed E-state index contributed by atoms with van der Waals surface area (Å²) in [7, 11) is 0. The zero-order valence-electron chi connectivity index (χ0n) is 12.6. The summed E-state index contributed by atoms with van der Waals surface area (Å²) in [6.07, 6.45) is 4.80. The van der Waals surface area contributed by atoms with Crippen molar-refractivity contribution in [1.82, 2.24) is 14.5 Å². The number of carboxylic acids is 1. The summed E-state index contributed by atoms with van der Waals surface area (Å²) in [6.45, 7) is 1.52. The second kappa shape index (κ2) is 5.75. The molecule has 0 radical (unpaired) electrons. The van der Waals surface area contributed by atoms with E-state index in [9.17, 15) is 19.5 Å². The molecule has 1 saturated carbocycles. The average Bonchev–Trinajstić information content (AvgIpc) is 3.28. The van der Waals surface area contributed by atoms with Gasteiger partial charge in [0.1, 0.15) is 6.04 Å². The van der Waals surface area contributed by atoms with Crippen molar-refractivity contribution in [1.29, 1.82) is 0 Å². The van der Waals surface area contributed by atoms with Crippen LogP contribution in [0.3, 0.4) is 0 Å². The van der Waals surface area contributed by atoms with Gasteiger partial charge in [0.05, 0.1) is 5.69 Å². The molecule has 0 aliphatic heterocycles. The van der Waals surface area contributed by atoms with Gasteiger partial charge in [-0.3, -0.25) is 9.36 Å². The maximum absolute atomic E-state index is 12.6. The van der Waals surface area contributed by atoms with Crippen LogP contribution >= 0.6 is 0 Å². The number of rotatable bonds is 5. The summed E-state index contributed by atoms with van der Waals surface area (Å²) in [4.78, 5) is 39.4. The molecule has 1 amide bonds. The van der Waals surface area contributed by atoms with Crippen molar-refractivity contribution in [2.24, 2.45) is 0 Å². The molecule has 3 rings (SSSR count). The number of carbonyl (C=O) groups excluding carboxylic acids is 1. The van der Waals surface area contributed by atoms with E-state index in [0.717, 1.165) is 12.8 Å². The normalized spacial score (nSPS) is 15.2. The number of hydrogen-bond donors (Lipinski definition) is 2. The van der Waals surface area contributed by atoms with Crippen molar-refractivity contribution in [3.63, 3.8) is 0 Å². The molecule has 0 spiro atoms. The highest BCUT2D eigenvalue weighted by atomic mass is 16.4. The Morgan fingerprint density at radius 3 is 2.43 bits per heavy atom. The molecule has 7 heteroatoms. The SMILES string of the molecule is CC(C(=O)O)N(C(=O)c1ccc(-n2cc[nH]c2=O)cc1)C1CC1. The van der Waals surface area contributed by atoms with Crippen LogP contribution in [0.15, 0.2) is 41.5 Å². The molecule has 1 fully saturated rings. The van der Waals surface area contributed by atoms with Crippen molar-refractivity contribution < 1.29 is 14.7 Å². The average molecular weight is 315 g/mol. The monoisotopic (exact) mass is 315 g/mol. The van der Waals surface area contributed by atoms with Crippen molar-refractivity contribution in [2.75, 3.05) is 0 Å². The Kier molecular flexibility index (Phi) is 3.77. The molecule has 1 atom stereocenters. The lowest BCUT2D eigenvalue weighted by atomic mass is 10.1. The van der Waals surface area contributed by atoms with Gasteiger partial charge in [0.2, 0.25) is 0 Å². The zero-order valence-corrected chi connectivity index (χ0v) is 12.6. The number of nitrogens with zero attached hydrogens (tertiary/aromatic N) is 2. The topological polar surface area (TPSA) is 95.4 Å². The van der Waals surface area contributed by atoms with E-state index < -0.39 is 12.0 Å². The fraction of sp³-hybridized carbons (Fsp3) is 0.312. The molecule has 0 saturated heterocycles. The maximum atomic E-state index is 12.6. The highest BCUT2D eigenvalue weighted by Crippen LogP contribution is 2.30. The minimum absolute atomic E-state index is 0.000528. The van der Waals surface area contributed by atoms with Gasteiger partial charge in [-0.25, -0.2) is 9.59 Å². The van der Waals surface area contributed by atoms with E-state index in [4.69, 9.17) is 0 Å². The Bertz CT molecular complexity index is 786. The van der Waals surface area contributed by atoms with Crippen LogP contribution in [0.2, 0.25) is 0 Å². The summed E-state index contributed by atoms with van der Waals surface area (Å²) in [5.74, 6) is -1.31. The van der Waals surface area contributed by atoms with Gasteiger partial charge in [0, 0.05) is 24.0 Å². The lowest BCUT2D eigenvalue weighted by molar-refractivity contribution is -0.141. The predicted molar refractivity (Wildman–Crippen MR) is 82.7 cm³/mol. The minimum Gasteiger partial charge on any atom is -0.480 e. The number of amides is 1. The molecule has 2 aromatic rings. The summed E-state index contributed by atoms with van der Waals surface area (Å²) in [5.41, 5.74) is 0.789. The first kappa shape index (κ1) is 15.1. The van der Waals surface area contributed by atoms with Crippen LogP contribution in [0, 0.1) is 0 Å². The highest BCUT2D eigenvalue weighted by molar-refractivity contribution is 5.97. The number of nitrogens with one attached hydrogen (secondary N) is 1. The molecule has 1 aromatic heterocycles. The van der Waals surface area contributed by atoms with Crippen LogP contribution in [0.1, 0.15) is 30.1 Å². The van der Waals surface area contributed by atoms with Gasteiger partial charge in [-0.15, -0.1) is 0 Å². The van der Waals surface area contributed by atoms with Crippen molar-refractivity contribution in [3.05, 3.63) is 52.7 Å². The van der Waals surface area contributed by atoms with Gasteiger partial charge in [-0.2, -0.15) is 0 Å². The van der Waals surface area contributed by atoms with Crippen LogP contribution in [0.5, 0.6) is 0 Å². The molecule has 2 N–H and O–H groups in total. The van der Waals surface area contributed by atoms with Gasteiger partial charge < -0.3 is 15.0 Å². The molecule has 0 bridgehead atoms. The lowest BCUT2D eigenvalue weighted by Gasteiger charge is -2.26. The number of aliphatic carboxylic acids is 1. The van der Waals surface area contributed by atoms with E-state index in [1.807, 2.05) is 0 Å². The van der Waals surface area contributed by atoms with Crippen LogP contribution < -0.4 is 5.69 Å². The summed E-state index contributed by atoms with van der Waals surface area (Å²) in [6, 6.07) is 5.70. The first-order valence-corrected chi connectivity index (χ1v) is 7.41. The highest BCUT2D eigenvalue weighted by Gasteiger charge is 2.38. The number of aromatic amines is 1. The Morgan fingerprint density at radius 2 is 1.96 bits per heavy atom. The molecule has 1 heterocycles. The second-order valence-electron chi connectivity index (χ2n) is 5.64. The van der Waals surface area contributed by atoms with E-state index in [2.05, 4.69) is 4.98 Å². The number of hydrogen-bond acceptors (Lipinski definition) is 3. The number of imidazole rings is 1. The zero-order chi connectivity index (χ0) is 16.6. The molecule has 1 aromatic carbocycles. The Morgan fingerprint density at radius 1 is 1.30 bits per heavy atom. The lowest BCUT2D eigenvalue weighted by Crippen LogP contribution is -2.44. The number of benzene rings is 1. The Hall–Kier alpha value is -2.83. The van der Waals surface area contributed by atoms with Crippen LogP contribution in [0.25, 0.3) is 5.69 Å². The van der Waals surface area contributed by atoms with Crippen molar-refractivity contribution >= 4 is 11.9 Å². The molecule has 1 aliphatic carbocycles. The molecule has 23 heavy (non-hydrogen) atoms. The Labute approximate surface area is 132 Å². The van der Waals surface area contributed by atoms with E-state index in [0.29, 0.717) is 11.3 Å². The molecule has 120 valence electrons.